The van der Waals surface area contributed by atoms with Crippen LogP contribution in [0.5, 0.6) is 0 Å². The second-order valence-corrected chi connectivity index (χ2v) is 8.62. The number of nitrogens with one attached hydrogen (secondary N) is 1. The summed E-state index contributed by atoms with van der Waals surface area (Å²) in [4.78, 5) is 24.3. The molecule has 0 heterocycles. The monoisotopic (exact) mass is 490 g/mol. The van der Waals surface area contributed by atoms with E-state index in [1.807, 2.05) is 36.4 Å². The predicted molar refractivity (Wildman–Crippen MR) is 135 cm³/mol. The van der Waals surface area contributed by atoms with Crippen molar-refractivity contribution in [2.24, 2.45) is 0 Å². The van der Waals surface area contributed by atoms with Crippen LogP contribution >= 0.6 is 0 Å². The van der Waals surface area contributed by atoms with Crippen LogP contribution in [0.4, 0.5) is 10.5 Å². The van der Waals surface area contributed by atoms with Gasteiger partial charge in [-0.15, -0.1) is 0 Å². The highest BCUT2D eigenvalue weighted by Gasteiger charge is 2.29. The molecule has 0 radical (unpaired) electrons. The lowest BCUT2D eigenvalue weighted by atomic mass is 9.98. The van der Waals surface area contributed by atoms with E-state index in [1.165, 1.54) is 18.2 Å². The maximum absolute atomic E-state index is 12.3. The van der Waals surface area contributed by atoms with Gasteiger partial charge >= 0.3 is 12.1 Å². The van der Waals surface area contributed by atoms with Crippen molar-refractivity contribution in [3.63, 3.8) is 0 Å². The Labute approximate surface area is 209 Å². The lowest BCUT2D eigenvalue weighted by Crippen LogP contribution is -2.31. The molecule has 8 nitrogen and oxygen atoms in total. The minimum Gasteiger partial charge on any atom is -0.462 e. The van der Waals surface area contributed by atoms with Gasteiger partial charge in [0.05, 0.1) is 18.3 Å². The first-order valence-corrected chi connectivity index (χ1v) is 11.9. The quantitative estimate of drug-likeness (QED) is 0.265. The van der Waals surface area contributed by atoms with E-state index >= 15 is 0 Å². The smallest absolute Gasteiger partial charge is 0.407 e. The van der Waals surface area contributed by atoms with Crippen molar-refractivity contribution in [3.8, 4) is 11.1 Å². The van der Waals surface area contributed by atoms with Gasteiger partial charge in [-0.3, -0.25) is 0 Å². The Balaban J connectivity index is 1.29. The summed E-state index contributed by atoms with van der Waals surface area (Å²) in [5.74, 6) is -0.595. The Bertz CT molecular complexity index is 1200. The molecule has 1 aliphatic rings. The normalized spacial score (nSPS) is 13.9. The Morgan fingerprint density at radius 1 is 0.972 bits per heavy atom. The van der Waals surface area contributed by atoms with E-state index in [0.717, 1.165) is 22.3 Å². The van der Waals surface area contributed by atoms with E-state index in [-0.39, 0.29) is 48.9 Å². The van der Waals surface area contributed by atoms with Gasteiger partial charge in [0.2, 0.25) is 0 Å². The maximum atomic E-state index is 12.3. The number of fused-ring (bicyclic) bond motifs is 3. The zero-order chi connectivity index (χ0) is 25.7. The molecule has 0 aromatic heterocycles. The number of anilines is 1. The summed E-state index contributed by atoms with van der Waals surface area (Å²) < 4.78 is 10.5. The van der Waals surface area contributed by atoms with E-state index < -0.39 is 24.3 Å². The second-order valence-electron chi connectivity index (χ2n) is 8.62. The predicted octanol–water partition coefficient (Wildman–Crippen LogP) is 3.77. The number of ether oxygens (including phenoxy) is 2. The first kappa shape index (κ1) is 25.2. The highest BCUT2D eigenvalue weighted by molar-refractivity contribution is 5.90. The second kappa shape index (κ2) is 11.2. The largest absolute Gasteiger partial charge is 0.462 e. The third-order valence-electron chi connectivity index (χ3n) is 6.33. The van der Waals surface area contributed by atoms with Gasteiger partial charge < -0.3 is 30.7 Å². The molecule has 36 heavy (non-hydrogen) atoms. The number of aliphatic hydroxyl groups excluding tert-OH is 2. The van der Waals surface area contributed by atoms with E-state index in [4.69, 9.17) is 15.2 Å². The number of hydrogen-bond acceptors (Lipinski definition) is 7. The molecular weight excluding hydrogens is 460 g/mol. The van der Waals surface area contributed by atoms with E-state index in [2.05, 4.69) is 17.4 Å². The standard InChI is InChI=1S/C28H30N2O6/c1-2-35-27(33)17-11-12-24(29)22(15-17)26(32)25(31)13-14-30-28(34)36-16-23-20-9-5-3-7-18(20)19-8-4-6-10-21(19)23/h3-12,15,23,25-26,31-32H,2,13-14,16,29H2,1H3,(H,30,34). The summed E-state index contributed by atoms with van der Waals surface area (Å²) in [5, 5.41) is 23.6. The average molecular weight is 491 g/mol. The van der Waals surface area contributed by atoms with Gasteiger partial charge in [0, 0.05) is 23.7 Å². The summed E-state index contributed by atoms with van der Waals surface area (Å²) in [5.41, 5.74) is 11.1. The van der Waals surface area contributed by atoms with Crippen LogP contribution in [0, 0.1) is 0 Å². The third kappa shape index (κ3) is 5.35. The summed E-state index contributed by atoms with van der Waals surface area (Å²) in [7, 11) is 0. The molecule has 8 heteroatoms. The molecule has 0 aliphatic heterocycles. The number of aliphatic hydroxyl groups is 2. The number of nitrogen functional groups attached to an aromatic ring is 1. The molecule has 3 aromatic rings. The molecule has 0 saturated carbocycles. The summed E-state index contributed by atoms with van der Waals surface area (Å²) in [6.07, 6.45) is -3.13. The molecule has 0 bridgehead atoms. The number of hydrogen-bond donors (Lipinski definition) is 4. The van der Waals surface area contributed by atoms with Crippen LogP contribution in [0.2, 0.25) is 0 Å². The molecule has 188 valence electrons. The Morgan fingerprint density at radius 2 is 1.61 bits per heavy atom. The van der Waals surface area contributed by atoms with E-state index in [9.17, 15) is 19.8 Å². The zero-order valence-electron chi connectivity index (χ0n) is 20.0. The molecule has 3 aromatic carbocycles. The SMILES string of the molecule is CCOC(=O)c1ccc(N)c(C(O)C(O)CCNC(=O)OCC2c3ccccc3-c3ccccc32)c1. The lowest BCUT2D eigenvalue weighted by Gasteiger charge is -2.20. The molecule has 2 atom stereocenters. The number of rotatable bonds is 9. The van der Waals surface area contributed by atoms with Crippen LogP contribution in [-0.4, -0.2) is 48.1 Å². The van der Waals surface area contributed by atoms with Gasteiger partial charge in [-0.05, 0) is 53.8 Å². The molecule has 2 unspecified atom stereocenters. The summed E-state index contributed by atoms with van der Waals surface area (Å²) in [6, 6.07) is 20.5. The molecule has 1 aliphatic carbocycles. The zero-order valence-corrected chi connectivity index (χ0v) is 20.0. The average Bonchev–Trinajstić information content (AvgIpc) is 3.21. The van der Waals surface area contributed by atoms with E-state index in [0.29, 0.717) is 0 Å². The van der Waals surface area contributed by atoms with Crippen LogP contribution in [0.3, 0.4) is 0 Å². The number of nitrogens with two attached hydrogens (primary N) is 1. The Hall–Kier alpha value is -3.88. The van der Waals surface area contributed by atoms with Crippen molar-refractivity contribution in [1.29, 1.82) is 0 Å². The number of carbonyl (C=O) groups excluding carboxylic acids is 2. The molecule has 0 saturated heterocycles. The maximum Gasteiger partial charge on any atom is 0.407 e. The highest BCUT2D eigenvalue weighted by Crippen LogP contribution is 2.44. The van der Waals surface area contributed by atoms with Crippen molar-refractivity contribution >= 4 is 17.7 Å². The van der Waals surface area contributed by atoms with Crippen LogP contribution in [-0.2, 0) is 9.47 Å². The van der Waals surface area contributed by atoms with Gasteiger partial charge in [-0.2, -0.15) is 0 Å². The third-order valence-corrected chi connectivity index (χ3v) is 6.33. The Morgan fingerprint density at radius 3 is 2.25 bits per heavy atom. The number of benzene rings is 3. The fourth-order valence-corrected chi connectivity index (χ4v) is 4.51. The van der Waals surface area contributed by atoms with Crippen LogP contribution in [0.15, 0.2) is 66.7 Å². The Kier molecular flexibility index (Phi) is 7.87. The van der Waals surface area contributed by atoms with Crippen LogP contribution < -0.4 is 11.1 Å². The lowest BCUT2D eigenvalue weighted by molar-refractivity contribution is 0.0139. The van der Waals surface area contributed by atoms with Gasteiger partial charge in [0.25, 0.3) is 0 Å². The van der Waals surface area contributed by atoms with Crippen molar-refractivity contribution in [2.75, 3.05) is 25.5 Å². The number of amides is 1. The van der Waals surface area contributed by atoms with Crippen molar-refractivity contribution in [3.05, 3.63) is 89.0 Å². The van der Waals surface area contributed by atoms with Crippen LogP contribution in [0.1, 0.15) is 52.4 Å². The molecule has 4 rings (SSSR count). The molecular formula is C28H30N2O6. The number of alkyl carbamates (subject to hydrolysis) is 1. The minimum absolute atomic E-state index is 0.0500. The topological polar surface area (TPSA) is 131 Å². The first-order valence-electron chi connectivity index (χ1n) is 11.9. The molecule has 0 fully saturated rings. The van der Waals surface area contributed by atoms with Crippen molar-refractivity contribution in [1.82, 2.24) is 5.32 Å². The summed E-state index contributed by atoms with van der Waals surface area (Å²) in [6.45, 7) is 2.16. The van der Waals surface area contributed by atoms with Gasteiger partial charge in [-0.1, -0.05) is 48.5 Å². The highest BCUT2D eigenvalue weighted by atomic mass is 16.5. The first-order chi connectivity index (χ1) is 17.4. The molecule has 0 spiro atoms. The summed E-state index contributed by atoms with van der Waals surface area (Å²) >= 11 is 0. The fourth-order valence-electron chi connectivity index (χ4n) is 4.51. The van der Waals surface area contributed by atoms with Gasteiger partial charge in [0.1, 0.15) is 12.7 Å². The molecule has 1 amide bonds. The minimum atomic E-state index is -1.34. The van der Waals surface area contributed by atoms with Gasteiger partial charge in [0.15, 0.2) is 0 Å². The fraction of sp³-hybridized carbons (Fsp3) is 0.286. The van der Waals surface area contributed by atoms with Crippen LogP contribution in [0.25, 0.3) is 11.1 Å². The number of esters is 1. The van der Waals surface area contributed by atoms with Crippen molar-refractivity contribution < 1.29 is 29.3 Å². The van der Waals surface area contributed by atoms with E-state index in [1.54, 1.807) is 6.92 Å². The molecule has 5 N–H and O–H groups in total. The van der Waals surface area contributed by atoms with Crippen molar-refractivity contribution in [2.45, 2.75) is 31.5 Å². The van der Waals surface area contributed by atoms with Gasteiger partial charge in [-0.25, -0.2) is 9.59 Å². The number of carbonyl (C=O) groups is 2.